The van der Waals surface area contributed by atoms with Crippen molar-refractivity contribution in [3.63, 3.8) is 0 Å². The molecule has 0 spiro atoms. The highest BCUT2D eigenvalue weighted by molar-refractivity contribution is 5.35. The van der Waals surface area contributed by atoms with Crippen molar-refractivity contribution in [3.8, 4) is 0 Å². The summed E-state index contributed by atoms with van der Waals surface area (Å²) in [5, 5.41) is 10.1. The Hall–Kier alpha value is -2.02. The summed E-state index contributed by atoms with van der Waals surface area (Å²) in [6.45, 7) is 0. The Labute approximate surface area is 107 Å². The Bertz CT molecular complexity index is 542. The summed E-state index contributed by atoms with van der Waals surface area (Å²) in [6, 6.07) is 1.94. The third-order valence-corrected chi connectivity index (χ3v) is 2.70. The van der Waals surface area contributed by atoms with Gasteiger partial charge in [0.2, 0.25) is 0 Å². The van der Waals surface area contributed by atoms with E-state index < -0.39 is 17.8 Å². The normalized spacial score (nSPS) is 13.3. The Balaban J connectivity index is 2.51. The SMILES string of the molecule is CNC(c1ccnnc1)c1cnccc1C(F)(F)F. The second-order valence-electron chi connectivity index (χ2n) is 3.86. The first-order valence-corrected chi connectivity index (χ1v) is 5.49. The van der Waals surface area contributed by atoms with Gasteiger partial charge in [-0.05, 0) is 24.7 Å². The maximum absolute atomic E-state index is 13.0. The topological polar surface area (TPSA) is 50.7 Å². The molecule has 2 aromatic heterocycles. The molecule has 0 saturated heterocycles. The van der Waals surface area contributed by atoms with Crippen LogP contribution in [0.15, 0.2) is 36.9 Å². The van der Waals surface area contributed by atoms with E-state index in [-0.39, 0.29) is 5.56 Å². The molecule has 1 unspecified atom stereocenters. The lowest BCUT2D eigenvalue weighted by molar-refractivity contribution is -0.138. The lowest BCUT2D eigenvalue weighted by Crippen LogP contribution is -2.22. The Kier molecular flexibility index (Phi) is 3.75. The summed E-state index contributed by atoms with van der Waals surface area (Å²) in [6.07, 6.45) is 0.777. The van der Waals surface area contributed by atoms with E-state index in [0.29, 0.717) is 5.56 Å². The largest absolute Gasteiger partial charge is 0.416 e. The van der Waals surface area contributed by atoms with E-state index in [9.17, 15) is 13.2 Å². The van der Waals surface area contributed by atoms with Crippen molar-refractivity contribution >= 4 is 0 Å². The summed E-state index contributed by atoms with van der Waals surface area (Å²) in [4.78, 5) is 3.78. The molecular weight excluding hydrogens is 257 g/mol. The van der Waals surface area contributed by atoms with Gasteiger partial charge in [-0.2, -0.15) is 23.4 Å². The number of nitrogens with zero attached hydrogens (tertiary/aromatic N) is 3. The molecule has 2 heterocycles. The van der Waals surface area contributed by atoms with E-state index in [1.807, 2.05) is 0 Å². The first-order valence-electron chi connectivity index (χ1n) is 5.49. The molecule has 0 aliphatic heterocycles. The summed E-state index contributed by atoms with van der Waals surface area (Å²) in [5.74, 6) is 0. The van der Waals surface area contributed by atoms with Crippen LogP contribution in [0.4, 0.5) is 13.2 Å². The van der Waals surface area contributed by atoms with Gasteiger partial charge in [-0.3, -0.25) is 4.98 Å². The highest BCUT2D eigenvalue weighted by Gasteiger charge is 2.35. The molecule has 4 nitrogen and oxygen atoms in total. The molecular formula is C12H11F3N4. The first kappa shape index (κ1) is 13.4. The van der Waals surface area contributed by atoms with Gasteiger partial charge in [0, 0.05) is 24.2 Å². The van der Waals surface area contributed by atoms with Crippen LogP contribution in [0.25, 0.3) is 0 Å². The molecule has 0 bridgehead atoms. The van der Waals surface area contributed by atoms with Crippen LogP contribution in [0.1, 0.15) is 22.7 Å². The number of aromatic nitrogens is 3. The summed E-state index contributed by atoms with van der Waals surface area (Å²) < 4.78 is 38.9. The van der Waals surface area contributed by atoms with Crippen LogP contribution in [0.2, 0.25) is 0 Å². The van der Waals surface area contributed by atoms with Gasteiger partial charge in [-0.25, -0.2) is 0 Å². The van der Waals surface area contributed by atoms with Gasteiger partial charge >= 0.3 is 6.18 Å². The fourth-order valence-electron chi connectivity index (χ4n) is 1.87. The molecule has 2 rings (SSSR count). The molecule has 2 aromatic rings. The van der Waals surface area contributed by atoms with E-state index in [0.717, 1.165) is 12.3 Å². The minimum atomic E-state index is -4.42. The molecule has 0 fully saturated rings. The second-order valence-corrected chi connectivity index (χ2v) is 3.86. The number of pyridine rings is 1. The summed E-state index contributed by atoms with van der Waals surface area (Å²) >= 11 is 0. The lowest BCUT2D eigenvalue weighted by atomic mass is 9.97. The highest BCUT2D eigenvalue weighted by Crippen LogP contribution is 2.35. The Morgan fingerprint density at radius 1 is 1.11 bits per heavy atom. The fraction of sp³-hybridized carbons (Fsp3) is 0.250. The standard InChI is InChI=1S/C12H11F3N4/c1-16-11(8-2-5-18-19-6-8)9-7-17-4-3-10(9)12(13,14)15/h2-7,11,16H,1H3. The predicted molar refractivity (Wildman–Crippen MR) is 62.2 cm³/mol. The lowest BCUT2D eigenvalue weighted by Gasteiger charge is -2.20. The average molecular weight is 268 g/mol. The number of nitrogens with one attached hydrogen (secondary N) is 1. The van der Waals surface area contributed by atoms with Gasteiger partial charge in [0.1, 0.15) is 0 Å². The second kappa shape index (κ2) is 5.31. The van der Waals surface area contributed by atoms with Crippen LogP contribution in [-0.2, 0) is 6.18 Å². The van der Waals surface area contributed by atoms with Crippen LogP contribution >= 0.6 is 0 Å². The third kappa shape index (κ3) is 2.87. The number of alkyl halides is 3. The van der Waals surface area contributed by atoms with E-state index in [1.54, 1.807) is 13.1 Å². The van der Waals surface area contributed by atoms with Crippen molar-refractivity contribution in [3.05, 3.63) is 53.6 Å². The molecule has 0 aromatic carbocycles. The van der Waals surface area contributed by atoms with Crippen LogP contribution in [0, 0.1) is 0 Å². The number of rotatable bonds is 3. The first-order chi connectivity index (χ1) is 9.04. The molecule has 7 heteroatoms. The third-order valence-electron chi connectivity index (χ3n) is 2.70. The van der Waals surface area contributed by atoms with Crippen molar-refractivity contribution in [2.24, 2.45) is 0 Å². The summed E-state index contributed by atoms with van der Waals surface area (Å²) in [7, 11) is 1.58. The minimum absolute atomic E-state index is 0.0606. The molecule has 0 saturated carbocycles. The number of hydrogen-bond acceptors (Lipinski definition) is 4. The van der Waals surface area contributed by atoms with Gasteiger partial charge in [0.15, 0.2) is 0 Å². The predicted octanol–water partition coefficient (Wildman–Crippen LogP) is 2.20. The highest BCUT2D eigenvalue weighted by atomic mass is 19.4. The van der Waals surface area contributed by atoms with E-state index in [1.165, 1.54) is 18.6 Å². The van der Waals surface area contributed by atoms with E-state index >= 15 is 0 Å². The monoisotopic (exact) mass is 268 g/mol. The maximum atomic E-state index is 13.0. The quantitative estimate of drug-likeness (QED) is 0.927. The fourth-order valence-corrected chi connectivity index (χ4v) is 1.87. The Morgan fingerprint density at radius 3 is 2.47 bits per heavy atom. The van der Waals surface area contributed by atoms with Crippen molar-refractivity contribution in [1.29, 1.82) is 0 Å². The van der Waals surface area contributed by atoms with E-state index in [2.05, 4.69) is 20.5 Å². The molecule has 19 heavy (non-hydrogen) atoms. The van der Waals surface area contributed by atoms with E-state index in [4.69, 9.17) is 0 Å². The van der Waals surface area contributed by atoms with Crippen molar-refractivity contribution in [1.82, 2.24) is 20.5 Å². The van der Waals surface area contributed by atoms with Gasteiger partial charge in [0.25, 0.3) is 0 Å². The van der Waals surface area contributed by atoms with Gasteiger partial charge in [-0.15, -0.1) is 0 Å². The molecule has 0 amide bonds. The summed E-state index contributed by atoms with van der Waals surface area (Å²) in [5.41, 5.74) is -0.0554. The zero-order chi connectivity index (χ0) is 13.9. The van der Waals surface area contributed by atoms with Crippen LogP contribution in [0.3, 0.4) is 0 Å². The van der Waals surface area contributed by atoms with Crippen molar-refractivity contribution < 1.29 is 13.2 Å². The molecule has 1 N–H and O–H groups in total. The van der Waals surface area contributed by atoms with Gasteiger partial charge in [-0.1, -0.05) is 0 Å². The maximum Gasteiger partial charge on any atom is 0.416 e. The van der Waals surface area contributed by atoms with Crippen molar-refractivity contribution in [2.75, 3.05) is 7.05 Å². The molecule has 0 radical (unpaired) electrons. The van der Waals surface area contributed by atoms with Crippen molar-refractivity contribution in [2.45, 2.75) is 12.2 Å². The van der Waals surface area contributed by atoms with Crippen LogP contribution in [-0.4, -0.2) is 22.2 Å². The zero-order valence-electron chi connectivity index (χ0n) is 10.0. The molecule has 1 atom stereocenters. The number of hydrogen-bond donors (Lipinski definition) is 1. The average Bonchev–Trinajstić information content (AvgIpc) is 2.40. The minimum Gasteiger partial charge on any atom is -0.309 e. The zero-order valence-corrected chi connectivity index (χ0v) is 10.0. The van der Waals surface area contributed by atoms with Gasteiger partial charge < -0.3 is 5.32 Å². The molecule has 100 valence electrons. The van der Waals surface area contributed by atoms with Gasteiger partial charge in [0.05, 0.1) is 17.8 Å². The number of halogens is 3. The van der Waals surface area contributed by atoms with Crippen LogP contribution in [0.5, 0.6) is 0 Å². The molecule has 0 aliphatic rings. The Morgan fingerprint density at radius 2 is 1.89 bits per heavy atom. The van der Waals surface area contributed by atoms with Crippen LogP contribution < -0.4 is 5.32 Å². The molecule has 0 aliphatic carbocycles. The smallest absolute Gasteiger partial charge is 0.309 e.